The molecule has 0 atom stereocenters. The summed E-state index contributed by atoms with van der Waals surface area (Å²) in [6.07, 6.45) is -1.92. The van der Waals surface area contributed by atoms with Crippen LogP contribution in [-0.2, 0) is 12.6 Å². The second-order valence-corrected chi connectivity index (χ2v) is 9.58. The molecule has 1 fully saturated rings. The molecule has 2 heterocycles. The van der Waals surface area contributed by atoms with Crippen LogP contribution < -0.4 is 11.1 Å². The summed E-state index contributed by atoms with van der Waals surface area (Å²) < 4.78 is 41.6. The van der Waals surface area contributed by atoms with Gasteiger partial charge in [-0.1, -0.05) is 33.8 Å². The van der Waals surface area contributed by atoms with E-state index in [1.807, 2.05) is 18.2 Å². The number of anilines is 1. The SMILES string of the molecule is Cl.Cl.NCCN1CCC(Nc2cc(C(F)(F)F)cc3c2Cc2ccc(Br)cc2S3)CC1. The minimum absolute atomic E-state index is 0. The third-order valence-corrected chi connectivity index (χ3v) is 7.22. The van der Waals surface area contributed by atoms with Gasteiger partial charge in [-0.2, -0.15) is 13.2 Å². The molecule has 0 spiro atoms. The Morgan fingerprint density at radius 1 is 1.10 bits per heavy atom. The molecule has 0 aromatic heterocycles. The minimum atomic E-state index is -4.37. The van der Waals surface area contributed by atoms with Gasteiger partial charge in [-0.15, -0.1) is 24.8 Å². The van der Waals surface area contributed by atoms with Gasteiger partial charge in [0.25, 0.3) is 0 Å². The van der Waals surface area contributed by atoms with Crippen LogP contribution in [0.2, 0.25) is 0 Å². The van der Waals surface area contributed by atoms with Crippen LogP contribution in [0.4, 0.5) is 18.9 Å². The summed E-state index contributed by atoms with van der Waals surface area (Å²) in [5.74, 6) is 0. The molecule has 31 heavy (non-hydrogen) atoms. The lowest BCUT2D eigenvalue weighted by molar-refractivity contribution is -0.137. The van der Waals surface area contributed by atoms with Crippen molar-refractivity contribution >= 4 is 58.2 Å². The van der Waals surface area contributed by atoms with E-state index >= 15 is 0 Å². The molecule has 3 N–H and O–H groups in total. The Morgan fingerprint density at radius 2 is 1.81 bits per heavy atom. The number of fused-ring (bicyclic) bond motifs is 2. The third kappa shape index (κ3) is 6.24. The highest BCUT2D eigenvalue weighted by molar-refractivity contribution is 9.10. The Hall–Kier alpha value is -0.640. The smallest absolute Gasteiger partial charge is 0.382 e. The topological polar surface area (TPSA) is 41.3 Å². The highest BCUT2D eigenvalue weighted by Gasteiger charge is 2.34. The van der Waals surface area contributed by atoms with Crippen molar-refractivity contribution in [3.8, 4) is 0 Å². The number of benzene rings is 2. The summed E-state index contributed by atoms with van der Waals surface area (Å²) in [5, 5.41) is 3.45. The van der Waals surface area contributed by atoms with Gasteiger partial charge in [-0.3, -0.25) is 0 Å². The fourth-order valence-corrected chi connectivity index (χ4v) is 5.69. The molecule has 2 aromatic carbocycles. The summed E-state index contributed by atoms with van der Waals surface area (Å²) in [6.45, 7) is 3.34. The lowest BCUT2D eigenvalue weighted by Gasteiger charge is -2.34. The Labute approximate surface area is 205 Å². The van der Waals surface area contributed by atoms with Gasteiger partial charge in [-0.25, -0.2) is 0 Å². The Kier molecular flexibility index (Phi) is 9.43. The first-order chi connectivity index (χ1) is 13.8. The van der Waals surface area contributed by atoms with Crippen LogP contribution in [0.15, 0.2) is 44.6 Å². The zero-order valence-corrected chi connectivity index (χ0v) is 20.7. The highest BCUT2D eigenvalue weighted by atomic mass is 79.9. The molecule has 0 bridgehead atoms. The lowest BCUT2D eigenvalue weighted by Crippen LogP contribution is -2.41. The van der Waals surface area contributed by atoms with Gasteiger partial charge in [0.2, 0.25) is 0 Å². The van der Waals surface area contributed by atoms with Crippen molar-refractivity contribution in [1.82, 2.24) is 4.90 Å². The van der Waals surface area contributed by atoms with E-state index in [0.29, 0.717) is 23.5 Å². The molecule has 0 radical (unpaired) electrons. The number of nitrogens with zero attached hydrogens (tertiary/aromatic N) is 1. The van der Waals surface area contributed by atoms with Crippen molar-refractivity contribution < 1.29 is 13.2 Å². The standard InChI is InChI=1S/C21H23BrF3N3S.2ClH/c22-15-2-1-13-9-17-18(27-16-3-6-28(7-4-16)8-5-26)10-14(21(23,24)25)11-20(17)29-19(13)12-15;;/h1-2,10-12,16,27H,3-9,26H2;2*1H. The van der Waals surface area contributed by atoms with Crippen molar-refractivity contribution in [3.05, 3.63) is 51.5 Å². The second kappa shape index (κ2) is 11.0. The zero-order valence-electron chi connectivity index (χ0n) is 16.7. The van der Waals surface area contributed by atoms with Crippen molar-refractivity contribution in [2.24, 2.45) is 5.73 Å². The van der Waals surface area contributed by atoms with E-state index in [1.165, 1.54) is 23.9 Å². The predicted molar refractivity (Wildman–Crippen MR) is 129 cm³/mol. The highest BCUT2D eigenvalue weighted by Crippen LogP contribution is 2.46. The van der Waals surface area contributed by atoms with Crippen LogP contribution in [0.3, 0.4) is 0 Å². The number of rotatable bonds is 4. The molecule has 172 valence electrons. The fraction of sp³-hybridized carbons (Fsp3) is 0.429. The fourth-order valence-electron chi connectivity index (χ4n) is 3.99. The van der Waals surface area contributed by atoms with Gasteiger partial charge in [0.15, 0.2) is 0 Å². The molecule has 2 aliphatic rings. The molecule has 0 amide bonds. The number of nitrogens with one attached hydrogen (secondary N) is 1. The van der Waals surface area contributed by atoms with Gasteiger partial charge in [0.1, 0.15) is 0 Å². The van der Waals surface area contributed by atoms with E-state index in [0.717, 1.165) is 53.0 Å². The Morgan fingerprint density at radius 3 is 2.45 bits per heavy atom. The van der Waals surface area contributed by atoms with Gasteiger partial charge < -0.3 is 16.0 Å². The number of hydrogen-bond acceptors (Lipinski definition) is 4. The van der Waals surface area contributed by atoms with E-state index in [-0.39, 0.29) is 30.9 Å². The lowest BCUT2D eigenvalue weighted by atomic mass is 9.98. The maximum Gasteiger partial charge on any atom is 0.416 e. The summed E-state index contributed by atoms with van der Waals surface area (Å²) in [6, 6.07) is 8.75. The first-order valence-electron chi connectivity index (χ1n) is 9.73. The number of hydrogen-bond donors (Lipinski definition) is 2. The molecule has 1 saturated heterocycles. The average Bonchev–Trinajstić information content (AvgIpc) is 2.67. The average molecular weight is 559 g/mol. The molecular weight excluding hydrogens is 534 g/mol. The normalized spacial score (nSPS) is 16.5. The number of likely N-dealkylation sites (tertiary alicyclic amines) is 1. The Bertz CT molecular complexity index is 906. The van der Waals surface area contributed by atoms with E-state index in [9.17, 15) is 13.2 Å². The van der Waals surface area contributed by atoms with Gasteiger partial charge in [0, 0.05) is 58.6 Å². The summed E-state index contributed by atoms with van der Waals surface area (Å²) in [7, 11) is 0. The van der Waals surface area contributed by atoms with E-state index in [4.69, 9.17) is 5.73 Å². The van der Waals surface area contributed by atoms with Gasteiger partial charge in [0.05, 0.1) is 5.56 Å². The maximum atomic E-state index is 13.5. The molecule has 4 rings (SSSR count). The van der Waals surface area contributed by atoms with Crippen LogP contribution in [0.5, 0.6) is 0 Å². The van der Waals surface area contributed by atoms with Gasteiger partial charge >= 0.3 is 6.18 Å². The molecule has 2 aromatic rings. The van der Waals surface area contributed by atoms with E-state index < -0.39 is 11.7 Å². The number of alkyl halides is 3. The van der Waals surface area contributed by atoms with Crippen LogP contribution >= 0.6 is 52.5 Å². The van der Waals surface area contributed by atoms with Crippen LogP contribution in [0.1, 0.15) is 29.5 Å². The molecule has 0 aliphatic carbocycles. The van der Waals surface area contributed by atoms with E-state index in [1.54, 1.807) is 0 Å². The van der Waals surface area contributed by atoms with Crippen molar-refractivity contribution in [1.29, 1.82) is 0 Å². The third-order valence-electron chi connectivity index (χ3n) is 5.55. The molecule has 3 nitrogen and oxygen atoms in total. The van der Waals surface area contributed by atoms with E-state index in [2.05, 4.69) is 26.1 Å². The first kappa shape index (κ1) is 26.6. The molecule has 2 aliphatic heterocycles. The summed E-state index contributed by atoms with van der Waals surface area (Å²) in [5.41, 5.74) is 7.76. The number of halogens is 6. The number of piperidine rings is 1. The van der Waals surface area contributed by atoms with Crippen molar-refractivity contribution in [2.45, 2.75) is 41.3 Å². The quantitative estimate of drug-likeness (QED) is 0.400. The van der Waals surface area contributed by atoms with Crippen molar-refractivity contribution in [3.63, 3.8) is 0 Å². The molecular formula is C21H25BrCl2F3N3S. The predicted octanol–water partition coefficient (Wildman–Crippen LogP) is 6.20. The van der Waals surface area contributed by atoms with Crippen molar-refractivity contribution in [2.75, 3.05) is 31.5 Å². The summed E-state index contributed by atoms with van der Waals surface area (Å²) in [4.78, 5) is 4.00. The van der Waals surface area contributed by atoms with Crippen LogP contribution in [-0.4, -0.2) is 37.1 Å². The maximum absolute atomic E-state index is 13.5. The molecule has 0 saturated carbocycles. The van der Waals surface area contributed by atoms with Crippen LogP contribution in [0.25, 0.3) is 0 Å². The Balaban J connectivity index is 0.00000171. The monoisotopic (exact) mass is 557 g/mol. The number of nitrogens with two attached hydrogens (primary N) is 1. The minimum Gasteiger partial charge on any atom is -0.382 e. The molecule has 10 heteroatoms. The second-order valence-electron chi connectivity index (χ2n) is 7.58. The summed E-state index contributed by atoms with van der Waals surface area (Å²) >= 11 is 4.87. The first-order valence-corrected chi connectivity index (χ1v) is 11.3. The largest absolute Gasteiger partial charge is 0.416 e. The van der Waals surface area contributed by atoms with Gasteiger partial charge in [-0.05, 0) is 48.2 Å². The molecule has 0 unspecified atom stereocenters. The van der Waals surface area contributed by atoms with Crippen LogP contribution in [0, 0.1) is 0 Å². The zero-order chi connectivity index (χ0) is 20.6.